The summed E-state index contributed by atoms with van der Waals surface area (Å²) in [4.78, 5) is 15.4. The number of hydrogen-bond acceptors (Lipinski definition) is 2. The van der Waals surface area contributed by atoms with Crippen LogP contribution in [0.3, 0.4) is 0 Å². The second kappa shape index (κ2) is 6.54. The molecule has 0 aromatic carbocycles. The summed E-state index contributed by atoms with van der Waals surface area (Å²) in [7, 11) is 0. The molecule has 0 saturated carbocycles. The number of nitrogens with zero attached hydrogens (tertiary/aromatic N) is 1. The number of unbranched alkanes of at least 4 members (excludes halogenated alkanes) is 1. The van der Waals surface area contributed by atoms with Crippen molar-refractivity contribution in [3.05, 3.63) is 30.1 Å². The predicted molar refractivity (Wildman–Crippen MR) is 59.6 cm³/mol. The number of carbonyl (C=O) groups excluding carboxylic acids is 1. The van der Waals surface area contributed by atoms with Crippen LogP contribution in [-0.2, 0) is 0 Å². The highest BCUT2D eigenvalue weighted by atomic mass is 79.9. The number of aromatic nitrogens is 1. The lowest BCUT2D eigenvalue weighted by Crippen LogP contribution is -2.25. The molecule has 0 saturated heterocycles. The molecule has 3 nitrogen and oxygen atoms in total. The first-order valence-corrected chi connectivity index (χ1v) is 5.72. The molecule has 1 rings (SSSR count). The average molecular weight is 257 g/mol. The highest BCUT2D eigenvalue weighted by Gasteiger charge is 2.03. The van der Waals surface area contributed by atoms with E-state index in [4.69, 9.17) is 0 Å². The van der Waals surface area contributed by atoms with Crippen LogP contribution in [0.1, 0.15) is 23.3 Å². The van der Waals surface area contributed by atoms with Gasteiger partial charge in [0.25, 0.3) is 5.91 Å². The van der Waals surface area contributed by atoms with Crippen molar-refractivity contribution in [2.75, 3.05) is 11.9 Å². The molecule has 0 aliphatic carbocycles. The number of pyridine rings is 1. The van der Waals surface area contributed by atoms with Crippen LogP contribution < -0.4 is 5.32 Å². The summed E-state index contributed by atoms with van der Waals surface area (Å²) in [5.74, 6) is -0.0971. The molecule has 1 aromatic heterocycles. The molecular weight excluding hydrogens is 244 g/mol. The molecule has 0 unspecified atom stereocenters. The van der Waals surface area contributed by atoms with Gasteiger partial charge in [-0.05, 0) is 25.0 Å². The van der Waals surface area contributed by atoms with Gasteiger partial charge in [0.1, 0.15) is 5.69 Å². The van der Waals surface area contributed by atoms with E-state index < -0.39 is 0 Å². The number of halogens is 1. The molecule has 1 aromatic rings. The lowest BCUT2D eigenvalue weighted by atomic mass is 10.3. The van der Waals surface area contributed by atoms with Crippen molar-refractivity contribution in [2.24, 2.45) is 0 Å². The van der Waals surface area contributed by atoms with E-state index in [1.54, 1.807) is 24.4 Å². The first-order valence-electron chi connectivity index (χ1n) is 4.60. The summed E-state index contributed by atoms with van der Waals surface area (Å²) in [6.07, 6.45) is 3.68. The molecule has 14 heavy (non-hydrogen) atoms. The van der Waals surface area contributed by atoms with Crippen molar-refractivity contribution in [2.45, 2.75) is 12.8 Å². The number of hydrogen-bond donors (Lipinski definition) is 1. The fourth-order valence-electron chi connectivity index (χ4n) is 1.01. The normalized spacial score (nSPS) is 9.79. The fourth-order valence-corrected chi connectivity index (χ4v) is 1.41. The van der Waals surface area contributed by atoms with E-state index in [2.05, 4.69) is 26.2 Å². The monoisotopic (exact) mass is 256 g/mol. The van der Waals surface area contributed by atoms with Gasteiger partial charge in [0, 0.05) is 18.1 Å². The van der Waals surface area contributed by atoms with E-state index in [0.29, 0.717) is 12.2 Å². The summed E-state index contributed by atoms with van der Waals surface area (Å²) >= 11 is 3.34. The summed E-state index contributed by atoms with van der Waals surface area (Å²) in [6.45, 7) is 0.709. The third kappa shape index (κ3) is 3.87. The minimum atomic E-state index is -0.0971. The van der Waals surface area contributed by atoms with Gasteiger partial charge in [-0.25, -0.2) is 0 Å². The van der Waals surface area contributed by atoms with Gasteiger partial charge in [-0.3, -0.25) is 9.78 Å². The van der Waals surface area contributed by atoms with Crippen LogP contribution in [0.2, 0.25) is 0 Å². The maximum atomic E-state index is 11.4. The number of amides is 1. The van der Waals surface area contributed by atoms with Crippen molar-refractivity contribution in [3.63, 3.8) is 0 Å². The van der Waals surface area contributed by atoms with E-state index in [0.717, 1.165) is 18.2 Å². The quantitative estimate of drug-likeness (QED) is 0.647. The Morgan fingerprint density at radius 1 is 1.43 bits per heavy atom. The Morgan fingerprint density at radius 3 is 2.93 bits per heavy atom. The van der Waals surface area contributed by atoms with Crippen LogP contribution in [0.4, 0.5) is 0 Å². The second-order valence-corrected chi connectivity index (χ2v) is 3.66. The molecule has 0 aliphatic heterocycles. The zero-order valence-corrected chi connectivity index (χ0v) is 9.46. The third-order valence-corrected chi connectivity index (χ3v) is 2.30. The Kier molecular flexibility index (Phi) is 5.22. The molecule has 0 bridgehead atoms. The van der Waals surface area contributed by atoms with Gasteiger partial charge in [-0.15, -0.1) is 0 Å². The maximum Gasteiger partial charge on any atom is 0.269 e. The van der Waals surface area contributed by atoms with Gasteiger partial charge in [0.2, 0.25) is 0 Å². The molecule has 0 spiro atoms. The van der Waals surface area contributed by atoms with E-state index >= 15 is 0 Å². The Balaban J connectivity index is 2.29. The lowest BCUT2D eigenvalue weighted by molar-refractivity contribution is 0.0948. The first-order chi connectivity index (χ1) is 6.84. The summed E-state index contributed by atoms with van der Waals surface area (Å²) < 4.78 is 0. The number of rotatable bonds is 5. The van der Waals surface area contributed by atoms with Crippen LogP contribution in [0, 0.1) is 0 Å². The van der Waals surface area contributed by atoms with Crippen LogP contribution in [0.15, 0.2) is 24.4 Å². The molecular formula is C10H13BrN2O. The number of alkyl halides is 1. The Hall–Kier alpha value is -0.900. The van der Waals surface area contributed by atoms with E-state index in [-0.39, 0.29) is 5.91 Å². The maximum absolute atomic E-state index is 11.4. The van der Waals surface area contributed by atoms with Crippen LogP contribution in [0.25, 0.3) is 0 Å². The van der Waals surface area contributed by atoms with Crippen molar-refractivity contribution in [1.82, 2.24) is 10.3 Å². The summed E-state index contributed by atoms with van der Waals surface area (Å²) in [5.41, 5.74) is 0.478. The molecule has 1 amide bonds. The molecule has 76 valence electrons. The first kappa shape index (κ1) is 11.2. The third-order valence-electron chi connectivity index (χ3n) is 1.74. The molecule has 1 heterocycles. The standard InChI is InChI=1S/C10H13BrN2O/c11-6-2-4-8-13-10(14)9-5-1-3-7-12-9/h1,3,5,7H,2,4,6,8H2,(H,13,14). The van der Waals surface area contributed by atoms with E-state index in [1.807, 2.05) is 0 Å². The second-order valence-electron chi connectivity index (χ2n) is 2.87. The Labute approximate surface area is 92.1 Å². The van der Waals surface area contributed by atoms with E-state index in [1.165, 1.54) is 0 Å². The van der Waals surface area contributed by atoms with Crippen molar-refractivity contribution in [3.8, 4) is 0 Å². The largest absolute Gasteiger partial charge is 0.351 e. The molecule has 0 radical (unpaired) electrons. The summed E-state index contributed by atoms with van der Waals surface area (Å²) in [5, 5.41) is 3.79. The minimum Gasteiger partial charge on any atom is -0.351 e. The van der Waals surface area contributed by atoms with Crippen molar-refractivity contribution in [1.29, 1.82) is 0 Å². The Morgan fingerprint density at radius 2 is 2.29 bits per heavy atom. The molecule has 0 fully saturated rings. The highest BCUT2D eigenvalue weighted by molar-refractivity contribution is 9.09. The van der Waals surface area contributed by atoms with Gasteiger partial charge in [0.05, 0.1) is 0 Å². The van der Waals surface area contributed by atoms with Gasteiger partial charge in [0.15, 0.2) is 0 Å². The van der Waals surface area contributed by atoms with Gasteiger partial charge < -0.3 is 5.32 Å². The topological polar surface area (TPSA) is 42.0 Å². The molecule has 0 aliphatic rings. The molecule has 0 atom stereocenters. The number of carbonyl (C=O) groups is 1. The fraction of sp³-hybridized carbons (Fsp3) is 0.400. The van der Waals surface area contributed by atoms with Gasteiger partial charge >= 0.3 is 0 Å². The van der Waals surface area contributed by atoms with Crippen molar-refractivity contribution >= 4 is 21.8 Å². The zero-order chi connectivity index (χ0) is 10.2. The number of nitrogens with one attached hydrogen (secondary N) is 1. The van der Waals surface area contributed by atoms with Crippen LogP contribution in [0.5, 0.6) is 0 Å². The summed E-state index contributed by atoms with van der Waals surface area (Å²) in [6, 6.07) is 5.31. The highest BCUT2D eigenvalue weighted by Crippen LogP contribution is 1.95. The van der Waals surface area contributed by atoms with Gasteiger partial charge in [-0.1, -0.05) is 22.0 Å². The predicted octanol–water partition coefficient (Wildman–Crippen LogP) is 1.99. The van der Waals surface area contributed by atoms with Crippen LogP contribution >= 0.6 is 15.9 Å². The van der Waals surface area contributed by atoms with Crippen LogP contribution in [-0.4, -0.2) is 22.8 Å². The minimum absolute atomic E-state index is 0.0971. The molecule has 1 N–H and O–H groups in total. The Bertz CT molecular complexity index is 277. The van der Waals surface area contributed by atoms with Crippen molar-refractivity contribution < 1.29 is 4.79 Å². The van der Waals surface area contributed by atoms with Gasteiger partial charge in [-0.2, -0.15) is 0 Å². The zero-order valence-electron chi connectivity index (χ0n) is 7.87. The molecule has 4 heteroatoms. The van der Waals surface area contributed by atoms with E-state index in [9.17, 15) is 4.79 Å². The lowest BCUT2D eigenvalue weighted by Gasteiger charge is -2.02. The average Bonchev–Trinajstić information content (AvgIpc) is 2.25. The SMILES string of the molecule is O=C(NCCCCBr)c1ccccn1. The smallest absolute Gasteiger partial charge is 0.269 e.